The van der Waals surface area contributed by atoms with E-state index >= 15 is 0 Å². The van der Waals surface area contributed by atoms with E-state index in [1.165, 1.54) is 30.8 Å². The Kier molecular flexibility index (Phi) is 3.59. The van der Waals surface area contributed by atoms with Crippen LogP contribution in [0.5, 0.6) is 5.75 Å². The average Bonchev–Trinajstić information content (AvgIpc) is 2.87. The lowest BCUT2D eigenvalue weighted by atomic mass is 9.98. The van der Waals surface area contributed by atoms with Crippen LogP contribution in [0, 0.1) is 0 Å². The van der Waals surface area contributed by atoms with E-state index in [1.807, 2.05) is 12.1 Å². The Balaban J connectivity index is 1.75. The summed E-state index contributed by atoms with van der Waals surface area (Å²) in [6, 6.07) is 3.77. The molecule has 0 radical (unpaired) electrons. The van der Waals surface area contributed by atoms with E-state index in [4.69, 9.17) is 10.5 Å². The Morgan fingerprint density at radius 1 is 1.26 bits per heavy atom. The molecule has 0 spiro atoms. The first-order valence-corrected chi connectivity index (χ1v) is 7.31. The van der Waals surface area contributed by atoms with Crippen molar-refractivity contribution in [2.24, 2.45) is 0 Å². The highest BCUT2D eigenvalue weighted by Crippen LogP contribution is 2.26. The third kappa shape index (κ3) is 3.01. The lowest BCUT2D eigenvalue weighted by molar-refractivity contribution is 0.155. The smallest absolute Gasteiger partial charge is 0.200 e. The summed E-state index contributed by atoms with van der Waals surface area (Å²) >= 11 is 1.18. The maximum atomic E-state index is 6.00. The third-order valence-corrected chi connectivity index (χ3v) is 3.80. The van der Waals surface area contributed by atoms with Crippen LogP contribution < -0.4 is 10.5 Å². The van der Waals surface area contributed by atoms with Gasteiger partial charge >= 0.3 is 0 Å². The van der Waals surface area contributed by atoms with Crippen LogP contribution in [0.15, 0.2) is 18.3 Å². The van der Waals surface area contributed by atoms with E-state index in [9.17, 15) is 0 Å². The zero-order valence-electron chi connectivity index (χ0n) is 10.6. The summed E-state index contributed by atoms with van der Waals surface area (Å²) in [5.41, 5.74) is 6.30. The quantitative estimate of drug-likeness (QED) is 0.933. The van der Waals surface area contributed by atoms with Crippen LogP contribution in [0.2, 0.25) is 0 Å². The van der Waals surface area contributed by atoms with E-state index in [-0.39, 0.29) is 0 Å². The lowest BCUT2D eigenvalue weighted by Gasteiger charge is -2.22. The lowest BCUT2D eigenvalue weighted by Crippen LogP contribution is -2.19. The fourth-order valence-corrected chi connectivity index (χ4v) is 2.76. The van der Waals surface area contributed by atoms with E-state index in [0.29, 0.717) is 22.8 Å². The number of ether oxygens (including phenoxy) is 1. The van der Waals surface area contributed by atoms with Crippen molar-refractivity contribution in [3.05, 3.63) is 18.3 Å². The van der Waals surface area contributed by atoms with Gasteiger partial charge in [-0.3, -0.25) is 4.98 Å². The molecule has 0 amide bonds. The van der Waals surface area contributed by atoms with Crippen LogP contribution >= 0.6 is 11.5 Å². The summed E-state index contributed by atoms with van der Waals surface area (Å²) in [5.74, 6) is 1.40. The second kappa shape index (κ2) is 5.52. The zero-order chi connectivity index (χ0) is 13.1. The van der Waals surface area contributed by atoms with Crippen LogP contribution in [-0.4, -0.2) is 20.4 Å². The SMILES string of the molecule is Nc1nc(-c2cc(OC3CCCCC3)ccn2)ns1. The van der Waals surface area contributed by atoms with Crippen molar-refractivity contribution in [2.75, 3.05) is 5.73 Å². The molecule has 2 N–H and O–H groups in total. The molecular formula is C13H16N4OS. The highest BCUT2D eigenvalue weighted by molar-refractivity contribution is 7.09. The Labute approximate surface area is 116 Å². The first-order valence-electron chi connectivity index (χ1n) is 6.53. The summed E-state index contributed by atoms with van der Waals surface area (Å²) < 4.78 is 10.2. The van der Waals surface area contributed by atoms with Gasteiger partial charge in [0.1, 0.15) is 11.4 Å². The van der Waals surface area contributed by atoms with Crippen molar-refractivity contribution in [1.29, 1.82) is 0 Å². The van der Waals surface area contributed by atoms with E-state index in [0.717, 1.165) is 18.6 Å². The number of hydrogen-bond acceptors (Lipinski definition) is 6. The number of anilines is 1. The second-order valence-corrected chi connectivity index (χ2v) is 5.49. The van der Waals surface area contributed by atoms with Crippen molar-refractivity contribution >= 4 is 16.7 Å². The minimum Gasteiger partial charge on any atom is -0.490 e. The molecule has 0 unspecified atom stereocenters. The number of rotatable bonds is 3. The Hall–Kier alpha value is -1.69. The van der Waals surface area contributed by atoms with Gasteiger partial charge < -0.3 is 10.5 Å². The van der Waals surface area contributed by atoms with Gasteiger partial charge in [0.2, 0.25) is 0 Å². The van der Waals surface area contributed by atoms with E-state index in [1.54, 1.807) is 6.20 Å². The van der Waals surface area contributed by atoms with Gasteiger partial charge in [-0.15, -0.1) is 0 Å². The zero-order valence-corrected chi connectivity index (χ0v) is 11.4. The standard InChI is InChI=1S/C13H16N4OS/c14-13-16-12(17-19-13)11-8-10(6-7-15-11)18-9-4-2-1-3-5-9/h6-9H,1-5H2,(H2,14,16,17). The van der Waals surface area contributed by atoms with Crippen molar-refractivity contribution in [1.82, 2.24) is 14.3 Å². The van der Waals surface area contributed by atoms with Gasteiger partial charge in [0, 0.05) is 23.8 Å². The molecule has 6 heteroatoms. The Bertz CT molecular complexity index is 551. The highest BCUT2D eigenvalue weighted by atomic mass is 32.1. The predicted octanol–water partition coefficient (Wildman–Crippen LogP) is 2.89. The molecule has 0 saturated heterocycles. The number of aromatic nitrogens is 3. The third-order valence-electron chi connectivity index (χ3n) is 3.26. The maximum Gasteiger partial charge on any atom is 0.200 e. The van der Waals surface area contributed by atoms with E-state index < -0.39 is 0 Å². The monoisotopic (exact) mass is 276 g/mol. The van der Waals surface area contributed by atoms with Crippen molar-refractivity contribution < 1.29 is 4.74 Å². The molecule has 5 nitrogen and oxygen atoms in total. The molecular weight excluding hydrogens is 260 g/mol. The second-order valence-electron chi connectivity index (χ2n) is 4.71. The molecule has 0 aromatic carbocycles. The van der Waals surface area contributed by atoms with Crippen LogP contribution in [0.4, 0.5) is 5.13 Å². The Morgan fingerprint density at radius 2 is 2.11 bits per heavy atom. The summed E-state index contributed by atoms with van der Waals surface area (Å²) in [7, 11) is 0. The topological polar surface area (TPSA) is 73.9 Å². The summed E-state index contributed by atoms with van der Waals surface area (Å²) in [4.78, 5) is 8.40. The molecule has 3 rings (SSSR count). The molecule has 19 heavy (non-hydrogen) atoms. The van der Waals surface area contributed by atoms with Crippen LogP contribution in [-0.2, 0) is 0 Å². The van der Waals surface area contributed by atoms with Crippen LogP contribution in [0.1, 0.15) is 32.1 Å². The fraction of sp³-hybridized carbons (Fsp3) is 0.462. The number of pyridine rings is 1. The minimum absolute atomic E-state index is 0.331. The molecule has 0 aliphatic heterocycles. The number of nitrogens with two attached hydrogens (primary N) is 1. The molecule has 1 fully saturated rings. The van der Waals surface area contributed by atoms with Crippen LogP contribution in [0.25, 0.3) is 11.5 Å². The minimum atomic E-state index is 0.331. The number of hydrogen-bond donors (Lipinski definition) is 1. The fourth-order valence-electron chi connectivity index (χ4n) is 2.32. The molecule has 1 aliphatic rings. The summed E-state index contributed by atoms with van der Waals surface area (Å²) in [6.07, 6.45) is 8.17. The van der Waals surface area contributed by atoms with Gasteiger partial charge in [-0.1, -0.05) is 6.42 Å². The first-order chi connectivity index (χ1) is 9.31. The molecule has 2 aromatic heterocycles. The molecule has 2 aromatic rings. The molecule has 2 heterocycles. The van der Waals surface area contributed by atoms with E-state index in [2.05, 4.69) is 14.3 Å². The Morgan fingerprint density at radius 3 is 2.84 bits per heavy atom. The molecule has 100 valence electrons. The average molecular weight is 276 g/mol. The maximum absolute atomic E-state index is 6.00. The number of nitrogens with zero attached hydrogens (tertiary/aromatic N) is 3. The number of nitrogen functional groups attached to an aromatic ring is 1. The van der Waals surface area contributed by atoms with Gasteiger partial charge in [0.15, 0.2) is 11.0 Å². The van der Waals surface area contributed by atoms with Crippen molar-refractivity contribution in [3.63, 3.8) is 0 Å². The van der Waals surface area contributed by atoms with Gasteiger partial charge in [-0.25, -0.2) is 0 Å². The molecule has 1 saturated carbocycles. The largest absolute Gasteiger partial charge is 0.490 e. The first kappa shape index (κ1) is 12.3. The van der Waals surface area contributed by atoms with Crippen molar-refractivity contribution in [3.8, 4) is 17.3 Å². The van der Waals surface area contributed by atoms with Gasteiger partial charge in [-0.05, 0) is 31.7 Å². The predicted molar refractivity (Wildman–Crippen MR) is 75.1 cm³/mol. The highest BCUT2D eigenvalue weighted by Gasteiger charge is 2.15. The summed E-state index contributed by atoms with van der Waals surface area (Å²) in [6.45, 7) is 0. The van der Waals surface area contributed by atoms with Gasteiger partial charge in [0.05, 0.1) is 6.10 Å². The molecule has 0 bridgehead atoms. The molecule has 0 atom stereocenters. The molecule has 1 aliphatic carbocycles. The normalized spacial score (nSPS) is 16.4. The van der Waals surface area contributed by atoms with Crippen LogP contribution in [0.3, 0.4) is 0 Å². The van der Waals surface area contributed by atoms with Gasteiger partial charge in [-0.2, -0.15) is 9.36 Å². The van der Waals surface area contributed by atoms with Crippen molar-refractivity contribution in [2.45, 2.75) is 38.2 Å². The summed E-state index contributed by atoms with van der Waals surface area (Å²) in [5, 5.41) is 0.454. The van der Waals surface area contributed by atoms with Gasteiger partial charge in [0.25, 0.3) is 0 Å².